The number of hydrazine groups is 1. The summed E-state index contributed by atoms with van der Waals surface area (Å²) in [5.74, 6) is -0.327. The Morgan fingerprint density at radius 1 is 0.967 bits per heavy atom. The van der Waals surface area contributed by atoms with Crippen LogP contribution >= 0.6 is 0 Å². The SMILES string of the molecule is CCCCCC(C(C)C(=O)OCC)N(Cc1ccccc1)NC(C)c1ccccc1. The Labute approximate surface area is 182 Å². The number of carbonyl (C=O) groups excluding carboxylic acids is 1. The van der Waals surface area contributed by atoms with Gasteiger partial charge in [0.15, 0.2) is 0 Å². The fourth-order valence-electron chi connectivity index (χ4n) is 3.81. The van der Waals surface area contributed by atoms with Crippen LogP contribution < -0.4 is 5.43 Å². The van der Waals surface area contributed by atoms with Crippen LogP contribution in [0.5, 0.6) is 0 Å². The molecule has 0 aromatic heterocycles. The van der Waals surface area contributed by atoms with Crippen LogP contribution in [0.4, 0.5) is 0 Å². The molecule has 3 unspecified atom stereocenters. The van der Waals surface area contributed by atoms with Crippen LogP contribution in [-0.2, 0) is 16.1 Å². The number of hydrogen-bond acceptors (Lipinski definition) is 4. The van der Waals surface area contributed by atoms with Crippen molar-refractivity contribution in [1.29, 1.82) is 0 Å². The zero-order chi connectivity index (χ0) is 21.8. The summed E-state index contributed by atoms with van der Waals surface area (Å²) < 4.78 is 5.39. The lowest BCUT2D eigenvalue weighted by atomic mass is 9.95. The van der Waals surface area contributed by atoms with Crippen molar-refractivity contribution in [2.24, 2.45) is 5.92 Å². The highest BCUT2D eigenvalue weighted by Gasteiger charge is 2.31. The minimum Gasteiger partial charge on any atom is -0.466 e. The van der Waals surface area contributed by atoms with E-state index in [9.17, 15) is 4.79 Å². The van der Waals surface area contributed by atoms with Crippen molar-refractivity contribution in [3.8, 4) is 0 Å². The highest BCUT2D eigenvalue weighted by molar-refractivity contribution is 5.72. The van der Waals surface area contributed by atoms with E-state index in [0.29, 0.717) is 6.61 Å². The molecule has 0 spiro atoms. The van der Waals surface area contributed by atoms with Gasteiger partial charge in [0.25, 0.3) is 0 Å². The van der Waals surface area contributed by atoms with Crippen LogP contribution in [0.15, 0.2) is 60.7 Å². The highest BCUT2D eigenvalue weighted by atomic mass is 16.5. The number of unbranched alkanes of at least 4 members (excludes halogenated alkanes) is 2. The van der Waals surface area contributed by atoms with E-state index in [-0.39, 0.29) is 24.0 Å². The van der Waals surface area contributed by atoms with Gasteiger partial charge in [-0.2, -0.15) is 0 Å². The number of rotatable bonds is 13. The van der Waals surface area contributed by atoms with Gasteiger partial charge in [0.1, 0.15) is 0 Å². The first-order valence-corrected chi connectivity index (χ1v) is 11.3. The molecule has 4 heteroatoms. The van der Waals surface area contributed by atoms with Gasteiger partial charge in [-0.15, -0.1) is 0 Å². The molecule has 30 heavy (non-hydrogen) atoms. The minimum atomic E-state index is -0.207. The fraction of sp³-hybridized carbons (Fsp3) is 0.500. The Kier molecular flexibility index (Phi) is 10.6. The predicted molar refractivity (Wildman–Crippen MR) is 124 cm³/mol. The Morgan fingerprint density at radius 2 is 1.60 bits per heavy atom. The number of nitrogens with one attached hydrogen (secondary N) is 1. The predicted octanol–water partition coefficient (Wildman–Crippen LogP) is 5.90. The van der Waals surface area contributed by atoms with Crippen molar-refractivity contribution in [1.82, 2.24) is 10.4 Å². The quantitative estimate of drug-likeness (QED) is 0.253. The van der Waals surface area contributed by atoms with E-state index >= 15 is 0 Å². The molecule has 0 aliphatic carbocycles. The van der Waals surface area contributed by atoms with Crippen molar-refractivity contribution in [3.63, 3.8) is 0 Å². The third-order valence-corrected chi connectivity index (χ3v) is 5.59. The second-order valence-electron chi connectivity index (χ2n) is 7.98. The molecule has 0 saturated carbocycles. The van der Waals surface area contributed by atoms with Crippen LogP contribution in [0.25, 0.3) is 0 Å². The van der Waals surface area contributed by atoms with E-state index in [1.54, 1.807) is 0 Å². The van der Waals surface area contributed by atoms with Crippen LogP contribution in [-0.4, -0.2) is 23.6 Å². The van der Waals surface area contributed by atoms with Gasteiger partial charge >= 0.3 is 5.97 Å². The zero-order valence-electron chi connectivity index (χ0n) is 19.0. The monoisotopic (exact) mass is 410 g/mol. The van der Waals surface area contributed by atoms with E-state index in [4.69, 9.17) is 4.74 Å². The number of esters is 1. The van der Waals surface area contributed by atoms with Crippen LogP contribution in [0.1, 0.15) is 70.5 Å². The second kappa shape index (κ2) is 13.2. The average Bonchev–Trinajstić information content (AvgIpc) is 2.77. The smallest absolute Gasteiger partial charge is 0.310 e. The molecule has 164 valence electrons. The van der Waals surface area contributed by atoms with Crippen molar-refractivity contribution in [3.05, 3.63) is 71.8 Å². The van der Waals surface area contributed by atoms with Crippen LogP contribution in [0.3, 0.4) is 0 Å². The first-order valence-electron chi connectivity index (χ1n) is 11.3. The molecule has 0 saturated heterocycles. The maximum absolute atomic E-state index is 12.7. The van der Waals surface area contributed by atoms with Crippen molar-refractivity contribution >= 4 is 5.97 Å². The Balaban J connectivity index is 2.28. The van der Waals surface area contributed by atoms with Crippen molar-refractivity contribution < 1.29 is 9.53 Å². The lowest BCUT2D eigenvalue weighted by molar-refractivity contribution is -0.151. The van der Waals surface area contributed by atoms with Crippen LogP contribution in [0.2, 0.25) is 0 Å². The number of carbonyl (C=O) groups is 1. The molecule has 0 fully saturated rings. The Bertz CT molecular complexity index is 720. The molecular weight excluding hydrogens is 372 g/mol. The molecule has 0 heterocycles. The maximum Gasteiger partial charge on any atom is 0.310 e. The van der Waals surface area contributed by atoms with E-state index in [0.717, 1.165) is 25.8 Å². The topological polar surface area (TPSA) is 41.6 Å². The summed E-state index contributed by atoms with van der Waals surface area (Å²) >= 11 is 0. The second-order valence-corrected chi connectivity index (χ2v) is 7.98. The maximum atomic E-state index is 12.7. The number of benzene rings is 2. The van der Waals surface area contributed by atoms with Crippen molar-refractivity contribution in [2.75, 3.05) is 6.61 Å². The van der Waals surface area contributed by atoms with Gasteiger partial charge in [0.2, 0.25) is 0 Å². The Morgan fingerprint density at radius 3 is 2.20 bits per heavy atom. The normalized spacial score (nSPS) is 14.3. The van der Waals surface area contributed by atoms with Gasteiger partial charge in [0, 0.05) is 18.6 Å². The molecule has 0 bridgehead atoms. The van der Waals surface area contributed by atoms with E-state index in [1.165, 1.54) is 17.5 Å². The van der Waals surface area contributed by atoms with E-state index < -0.39 is 0 Å². The molecule has 4 nitrogen and oxygen atoms in total. The standard InChI is InChI=1S/C26H38N2O2/c1-5-7-10-19-25(21(3)26(29)30-6-2)28(20-23-15-11-8-12-16-23)27-22(4)24-17-13-9-14-18-24/h8-9,11-18,21-22,25,27H,5-7,10,19-20H2,1-4H3. The van der Waals surface area contributed by atoms with Crippen LogP contribution in [0, 0.1) is 5.92 Å². The molecule has 2 aromatic carbocycles. The average molecular weight is 411 g/mol. The molecule has 0 radical (unpaired) electrons. The molecule has 2 aromatic rings. The molecule has 2 rings (SSSR count). The third-order valence-electron chi connectivity index (χ3n) is 5.59. The van der Waals surface area contributed by atoms with Gasteiger partial charge in [-0.1, -0.05) is 93.8 Å². The summed E-state index contributed by atoms with van der Waals surface area (Å²) in [6, 6.07) is 21.1. The summed E-state index contributed by atoms with van der Waals surface area (Å²) in [6.45, 7) is 9.40. The zero-order valence-corrected chi connectivity index (χ0v) is 19.0. The number of ether oxygens (including phenoxy) is 1. The molecule has 3 atom stereocenters. The molecule has 1 N–H and O–H groups in total. The number of hydrogen-bond donors (Lipinski definition) is 1. The summed E-state index contributed by atoms with van der Waals surface area (Å²) in [7, 11) is 0. The molecule has 0 amide bonds. The fourth-order valence-corrected chi connectivity index (χ4v) is 3.81. The van der Waals surface area contributed by atoms with Gasteiger partial charge in [-0.3, -0.25) is 4.79 Å². The summed E-state index contributed by atoms with van der Waals surface area (Å²) in [5, 5.41) is 2.27. The lowest BCUT2D eigenvalue weighted by Gasteiger charge is -2.37. The minimum absolute atomic E-state index is 0.0574. The molecular formula is C26H38N2O2. The van der Waals surface area contributed by atoms with Gasteiger partial charge in [-0.25, -0.2) is 10.4 Å². The first-order chi connectivity index (χ1) is 14.6. The Hall–Kier alpha value is -2.17. The van der Waals surface area contributed by atoms with Gasteiger partial charge in [-0.05, 0) is 31.4 Å². The molecule has 0 aliphatic rings. The largest absolute Gasteiger partial charge is 0.466 e. The lowest BCUT2D eigenvalue weighted by Crippen LogP contribution is -2.50. The van der Waals surface area contributed by atoms with E-state index in [2.05, 4.69) is 72.8 Å². The van der Waals surface area contributed by atoms with E-state index in [1.807, 2.05) is 26.0 Å². The molecule has 0 aliphatic heterocycles. The van der Waals surface area contributed by atoms with Crippen molar-refractivity contribution in [2.45, 2.75) is 72.0 Å². The number of nitrogens with zero attached hydrogens (tertiary/aromatic N) is 1. The summed E-state index contributed by atoms with van der Waals surface area (Å²) in [5.41, 5.74) is 6.16. The first kappa shape index (κ1) is 24.1. The summed E-state index contributed by atoms with van der Waals surface area (Å²) in [6.07, 6.45) is 4.37. The third kappa shape index (κ3) is 7.58. The van der Waals surface area contributed by atoms with Gasteiger partial charge in [0.05, 0.1) is 12.5 Å². The van der Waals surface area contributed by atoms with Gasteiger partial charge < -0.3 is 4.74 Å². The summed E-state index contributed by atoms with van der Waals surface area (Å²) in [4.78, 5) is 12.7. The highest BCUT2D eigenvalue weighted by Crippen LogP contribution is 2.23.